The number of carbonyl (C=O) groups excluding carboxylic acids is 1. The molecule has 0 aromatic heterocycles. The number of carbonyl (C=O) groups is 1. The van der Waals surface area contributed by atoms with Crippen molar-refractivity contribution in [3.05, 3.63) is 24.3 Å². The highest BCUT2D eigenvalue weighted by Gasteiger charge is 2.16. The van der Waals surface area contributed by atoms with Crippen molar-refractivity contribution in [2.24, 2.45) is 0 Å². The molecule has 1 N–H and O–H groups in total. The van der Waals surface area contributed by atoms with Gasteiger partial charge in [-0.05, 0) is 31.4 Å². The second kappa shape index (κ2) is 8.52. The molecule has 0 saturated carbocycles. The van der Waals surface area contributed by atoms with E-state index in [1.807, 2.05) is 18.2 Å². The summed E-state index contributed by atoms with van der Waals surface area (Å²) >= 11 is 0. The fraction of sp³-hybridized carbons (Fsp3) is 0.562. The van der Waals surface area contributed by atoms with Gasteiger partial charge in [0.05, 0.1) is 12.7 Å². The molecule has 1 fully saturated rings. The zero-order valence-corrected chi connectivity index (χ0v) is 12.5. The Labute approximate surface area is 125 Å². The minimum Gasteiger partial charge on any atom is -0.493 e. The maximum Gasteiger partial charge on any atom is 0.258 e. The minimum atomic E-state index is -0.134. The molecular formula is C16H23NO4. The second-order valence-corrected chi connectivity index (χ2v) is 5.05. The summed E-state index contributed by atoms with van der Waals surface area (Å²) in [7, 11) is 0. The van der Waals surface area contributed by atoms with E-state index in [0.717, 1.165) is 31.6 Å². The van der Waals surface area contributed by atoms with Crippen molar-refractivity contribution in [1.29, 1.82) is 0 Å². The summed E-state index contributed by atoms with van der Waals surface area (Å²) in [6.45, 7) is 4.08. The van der Waals surface area contributed by atoms with E-state index in [-0.39, 0.29) is 18.6 Å². The maximum atomic E-state index is 11.7. The van der Waals surface area contributed by atoms with Crippen LogP contribution in [0.25, 0.3) is 0 Å². The third-order valence-corrected chi connectivity index (χ3v) is 3.20. The van der Waals surface area contributed by atoms with Crippen molar-refractivity contribution >= 4 is 5.91 Å². The molecule has 1 saturated heterocycles. The van der Waals surface area contributed by atoms with Crippen LogP contribution in [0.4, 0.5) is 0 Å². The Morgan fingerprint density at radius 3 is 2.90 bits per heavy atom. The number of hydrogen-bond acceptors (Lipinski definition) is 4. The van der Waals surface area contributed by atoms with Crippen LogP contribution in [0.15, 0.2) is 24.3 Å². The Hall–Kier alpha value is -1.75. The molecule has 1 aliphatic rings. The van der Waals surface area contributed by atoms with Crippen molar-refractivity contribution in [3.63, 3.8) is 0 Å². The first-order chi connectivity index (χ1) is 10.3. The number of amides is 1. The van der Waals surface area contributed by atoms with E-state index >= 15 is 0 Å². The molecule has 0 spiro atoms. The molecule has 1 heterocycles. The number of hydrogen-bond donors (Lipinski definition) is 1. The van der Waals surface area contributed by atoms with Gasteiger partial charge in [0.2, 0.25) is 0 Å². The van der Waals surface area contributed by atoms with Crippen LogP contribution in [-0.4, -0.2) is 38.4 Å². The normalized spacial score (nSPS) is 17.5. The van der Waals surface area contributed by atoms with Crippen LogP contribution in [0.2, 0.25) is 0 Å². The van der Waals surface area contributed by atoms with Crippen LogP contribution < -0.4 is 14.8 Å². The minimum absolute atomic E-state index is 0.00392. The topological polar surface area (TPSA) is 56.8 Å². The van der Waals surface area contributed by atoms with Gasteiger partial charge in [-0.2, -0.15) is 0 Å². The van der Waals surface area contributed by atoms with Crippen molar-refractivity contribution in [3.8, 4) is 11.5 Å². The van der Waals surface area contributed by atoms with Gasteiger partial charge in [-0.1, -0.05) is 13.0 Å². The van der Waals surface area contributed by atoms with Gasteiger partial charge in [-0.25, -0.2) is 0 Å². The first-order valence-electron chi connectivity index (χ1n) is 7.52. The number of rotatable bonds is 8. The summed E-state index contributed by atoms with van der Waals surface area (Å²) in [4.78, 5) is 11.7. The van der Waals surface area contributed by atoms with Gasteiger partial charge in [0.15, 0.2) is 6.61 Å². The van der Waals surface area contributed by atoms with E-state index in [9.17, 15) is 4.79 Å². The number of benzene rings is 1. The van der Waals surface area contributed by atoms with E-state index in [1.165, 1.54) is 0 Å². The standard InChI is InChI=1S/C16H23NO4/c1-2-8-19-13-5-3-6-14(10-13)21-12-16(18)17-11-15-7-4-9-20-15/h3,5-6,10,15H,2,4,7-9,11-12H2,1H3,(H,17,18). The second-order valence-electron chi connectivity index (χ2n) is 5.05. The molecule has 5 heteroatoms. The number of ether oxygens (including phenoxy) is 3. The molecule has 1 amide bonds. The van der Waals surface area contributed by atoms with E-state index in [0.29, 0.717) is 18.9 Å². The lowest BCUT2D eigenvalue weighted by atomic mass is 10.2. The fourth-order valence-electron chi connectivity index (χ4n) is 2.11. The van der Waals surface area contributed by atoms with Crippen LogP contribution >= 0.6 is 0 Å². The molecule has 1 aromatic carbocycles. The lowest BCUT2D eigenvalue weighted by Crippen LogP contribution is -2.35. The average Bonchev–Trinajstić information content (AvgIpc) is 3.03. The zero-order valence-electron chi connectivity index (χ0n) is 12.5. The van der Waals surface area contributed by atoms with Crippen LogP contribution in [-0.2, 0) is 9.53 Å². The summed E-state index contributed by atoms with van der Waals surface area (Å²) in [5, 5.41) is 2.82. The lowest BCUT2D eigenvalue weighted by Gasteiger charge is -2.12. The van der Waals surface area contributed by atoms with Crippen molar-refractivity contribution in [1.82, 2.24) is 5.32 Å². The Kier molecular flexibility index (Phi) is 6.34. The van der Waals surface area contributed by atoms with Gasteiger partial charge in [0, 0.05) is 19.2 Å². The molecule has 0 bridgehead atoms. The third-order valence-electron chi connectivity index (χ3n) is 3.20. The molecule has 21 heavy (non-hydrogen) atoms. The molecule has 116 valence electrons. The van der Waals surface area contributed by atoms with Gasteiger partial charge < -0.3 is 19.5 Å². The Balaban J connectivity index is 1.70. The fourth-order valence-corrected chi connectivity index (χ4v) is 2.11. The van der Waals surface area contributed by atoms with E-state index in [2.05, 4.69) is 12.2 Å². The average molecular weight is 293 g/mol. The first-order valence-corrected chi connectivity index (χ1v) is 7.52. The SMILES string of the molecule is CCCOc1cccc(OCC(=O)NCC2CCCO2)c1. The summed E-state index contributed by atoms with van der Waals surface area (Å²) in [6.07, 6.45) is 3.19. The maximum absolute atomic E-state index is 11.7. The molecule has 1 atom stereocenters. The van der Waals surface area contributed by atoms with Gasteiger partial charge >= 0.3 is 0 Å². The lowest BCUT2D eigenvalue weighted by molar-refractivity contribution is -0.123. The highest BCUT2D eigenvalue weighted by atomic mass is 16.5. The Bertz CT molecular complexity index is 444. The highest BCUT2D eigenvalue weighted by molar-refractivity contribution is 5.77. The van der Waals surface area contributed by atoms with Gasteiger partial charge in [-0.15, -0.1) is 0 Å². The summed E-state index contributed by atoms with van der Waals surface area (Å²) in [5.74, 6) is 1.26. The van der Waals surface area contributed by atoms with Crippen LogP contribution in [0.3, 0.4) is 0 Å². The quantitative estimate of drug-likeness (QED) is 0.798. The molecular weight excluding hydrogens is 270 g/mol. The van der Waals surface area contributed by atoms with Crippen LogP contribution in [0.5, 0.6) is 11.5 Å². The van der Waals surface area contributed by atoms with Crippen LogP contribution in [0, 0.1) is 0 Å². The molecule has 5 nitrogen and oxygen atoms in total. The summed E-state index contributed by atoms with van der Waals surface area (Å²) in [6, 6.07) is 7.33. The van der Waals surface area contributed by atoms with E-state index in [1.54, 1.807) is 6.07 Å². The highest BCUT2D eigenvalue weighted by Crippen LogP contribution is 2.19. The molecule has 1 unspecified atom stereocenters. The molecule has 2 rings (SSSR count). The third kappa shape index (κ3) is 5.63. The zero-order chi connectivity index (χ0) is 14.9. The largest absolute Gasteiger partial charge is 0.493 e. The van der Waals surface area contributed by atoms with Gasteiger partial charge in [-0.3, -0.25) is 4.79 Å². The molecule has 0 radical (unpaired) electrons. The number of nitrogens with one attached hydrogen (secondary N) is 1. The Morgan fingerprint density at radius 1 is 1.38 bits per heavy atom. The predicted molar refractivity (Wildman–Crippen MR) is 79.7 cm³/mol. The Morgan fingerprint density at radius 2 is 2.19 bits per heavy atom. The smallest absolute Gasteiger partial charge is 0.258 e. The van der Waals surface area contributed by atoms with Crippen molar-refractivity contribution in [2.45, 2.75) is 32.3 Å². The summed E-state index contributed by atoms with van der Waals surface area (Å²) in [5.41, 5.74) is 0. The van der Waals surface area contributed by atoms with Gasteiger partial charge in [0.25, 0.3) is 5.91 Å². The van der Waals surface area contributed by atoms with Gasteiger partial charge in [0.1, 0.15) is 11.5 Å². The monoisotopic (exact) mass is 293 g/mol. The van der Waals surface area contributed by atoms with E-state index < -0.39 is 0 Å². The van der Waals surface area contributed by atoms with Crippen LogP contribution in [0.1, 0.15) is 26.2 Å². The molecule has 0 aliphatic carbocycles. The first kappa shape index (κ1) is 15.6. The summed E-state index contributed by atoms with van der Waals surface area (Å²) < 4.78 is 16.4. The molecule has 1 aliphatic heterocycles. The predicted octanol–water partition coefficient (Wildman–Crippen LogP) is 2.15. The van der Waals surface area contributed by atoms with Crippen molar-refractivity contribution < 1.29 is 19.0 Å². The van der Waals surface area contributed by atoms with E-state index in [4.69, 9.17) is 14.2 Å². The molecule has 1 aromatic rings. The van der Waals surface area contributed by atoms with Crippen molar-refractivity contribution in [2.75, 3.05) is 26.4 Å².